The topological polar surface area (TPSA) is 55.6 Å². The molecule has 2 aromatic carbocycles. The Hall–Kier alpha value is -2.07. The summed E-state index contributed by atoms with van der Waals surface area (Å²) in [4.78, 5) is 13.4. The van der Waals surface area contributed by atoms with Gasteiger partial charge in [0.25, 0.3) is 0 Å². The van der Waals surface area contributed by atoms with Gasteiger partial charge >= 0.3 is 0 Å². The Kier molecular flexibility index (Phi) is 3.71. The molecule has 0 aliphatic rings. The smallest absolute Gasteiger partial charge is 0.243 e. The lowest BCUT2D eigenvalue weighted by molar-refractivity contribution is -0.130. The Labute approximate surface area is 112 Å². The number of amides is 1. The molecule has 100 valence electrons. The summed E-state index contributed by atoms with van der Waals surface area (Å²) in [6, 6.07) is 11.0. The Bertz CT molecular complexity index is 608. The van der Waals surface area contributed by atoms with Crippen molar-refractivity contribution < 1.29 is 9.53 Å². The van der Waals surface area contributed by atoms with Gasteiger partial charge in [0.05, 0.1) is 7.11 Å². The fourth-order valence-electron chi connectivity index (χ4n) is 1.98. The maximum atomic E-state index is 11.9. The van der Waals surface area contributed by atoms with Gasteiger partial charge in [0, 0.05) is 14.1 Å². The van der Waals surface area contributed by atoms with Crippen molar-refractivity contribution in [1.29, 1.82) is 0 Å². The summed E-state index contributed by atoms with van der Waals surface area (Å²) >= 11 is 0. The van der Waals surface area contributed by atoms with Crippen molar-refractivity contribution >= 4 is 16.7 Å². The molecule has 0 fully saturated rings. The van der Waals surface area contributed by atoms with Gasteiger partial charge in [0.15, 0.2) is 0 Å². The molecular weight excluding hydrogens is 240 g/mol. The van der Waals surface area contributed by atoms with Crippen LogP contribution in [0.25, 0.3) is 10.8 Å². The molecule has 2 aromatic rings. The molecule has 1 unspecified atom stereocenters. The van der Waals surface area contributed by atoms with Gasteiger partial charge in [0.2, 0.25) is 5.91 Å². The number of hydrogen-bond donors (Lipinski definition) is 1. The first-order valence-corrected chi connectivity index (χ1v) is 6.07. The van der Waals surface area contributed by atoms with E-state index in [-0.39, 0.29) is 5.91 Å². The van der Waals surface area contributed by atoms with Crippen LogP contribution in [0.2, 0.25) is 0 Å². The minimum Gasteiger partial charge on any atom is -0.497 e. The van der Waals surface area contributed by atoms with E-state index < -0.39 is 6.04 Å². The normalized spacial score (nSPS) is 12.2. The maximum Gasteiger partial charge on any atom is 0.243 e. The van der Waals surface area contributed by atoms with Crippen LogP contribution < -0.4 is 10.5 Å². The minimum atomic E-state index is -0.624. The van der Waals surface area contributed by atoms with E-state index in [2.05, 4.69) is 0 Å². The number of nitrogens with zero attached hydrogens (tertiary/aromatic N) is 1. The monoisotopic (exact) mass is 258 g/mol. The van der Waals surface area contributed by atoms with Gasteiger partial charge in [0.1, 0.15) is 11.8 Å². The van der Waals surface area contributed by atoms with Crippen LogP contribution >= 0.6 is 0 Å². The molecule has 2 rings (SSSR count). The molecule has 4 nitrogen and oxygen atoms in total. The van der Waals surface area contributed by atoms with Gasteiger partial charge in [-0.05, 0) is 34.5 Å². The Morgan fingerprint density at radius 3 is 2.42 bits per heavy atom. The van der Waals surface area contributed by atoms with Crippen molar-refractivity contribution in [2.45, 2.75) is 6.04 Å². The number of benzene rings is 2. The zero-order chi connectivity index (χ0) is 14.0. The summed E-state index contributed by atoms with van der Waals surface area (Å²) in [5.41, 5.74) is 6.79. The molecule has 0 saturated heterocycles. The van der Waals surface area contributed by atoms with Gasteiger partial charge in [-0.3, -0.25) is 4.79 Å². The lowest BCUT2D eigenvalue weighted by Gasteiger charge is -2.17. The third-order valence-corrected chi connectivity index (χ3v) is 3.14. The van der Waals surface area contributed by atoms with Gasteiger partial charge < -0.3 is 15.4 Å². The number of likely N-dealkylation sites (N-methyl/N-ethyl adjacent to an activating group) is 1. The number of carbonyl (C=O) groups excluding carboxylic acids is 1. The Morgan fingerprint density at radius 2 is 1.79 bits per heavy atom. The van der Waals surface area contributed by atoms with Crippen LogP contribution in [0.1, 0.15) is 11.6 Å². The highest BCUT2D eigenvalue weighted by Crippen LogP contribution is 2.24. The molecule has 0 saturated carbocycles. The number of hydrogen-bond acceptors (Lipinski definition) is 3. The summed E-state index contributed by atoms with van der Waals surface area (Å²) in [5, 5.41) is 2.10. The average Bonchev–Trinajstić information content (AvgIpc) is 2.44. The SMILES string of the molecule is COc1ccc2cc(C(N)C(=O)N(C)C)ccc2c1. The van der Waals surface area contributed by atoms with Crippen molar-refractivity contribution in [3.63, 3.8) is 0 Å². The maximum absolute atomic E-state index is 11.9. The van der Waals surface area contributed by atoms with Crippen LogP contribution in [0.5, 0.6) is 5.75 Å². The van der Waals surface area contributed by atoms with E-state index in [1.54, 1.807) is 21.2 Å². The zero-order valence-electron chi connectivity index (χ0n) is 11.4. The van der Waals surface area contributed by atoms with Crippen molar-refractivity contribution in [1.82, 2.24) is 4.90 Å². The fourth-order valence-corrected chi connectivity index (χ4v) is 1.98. The quantitative estimate of drug-likeness (QED) is 0.915. The van der Waals surface area contributed by atoms with Crippen LogP contribution in [0.4, 0.5) is 0 Å². The minimum absolute atomic E-state index is 0.104. The lowest BCUT2D eigenvalue weighted by Crippen LogP contribution is -2.33. The number of nitrogens with two attached hydrogens (primary N) is 1. The van der Waals surface area contributed by atoms with Crippen LogP contribution in [-0.4, -0.2) is 32.0 Å². The number of methoxy groups -OCH3 is 1. The second-order valence-electron chi connectivity index (χ2n) is 4.68. The highest BCUT2D eigenvalue weighted by molar-refractivity contribution is 5.88. The molecule has 0 heterocycles. The van der Waals surface area contributed by atoms with Crippen molar-refractivity contribution in [2.24, 2.45) is 5.73 Å². The van der Waals surface area contributed by atoms with E-state index in [0.717, 1.165) is 22.1 Å². The van der Waals surface area contributed by atoms with Crippen LogP contribution in [0, 0.1) is 0 Å². The van der Waals surface area contributed by atoms with Crippen molar-refractivity contribution in [3.8, 4) is 5.75 Å². The van der Waals surface area contributed by atoms with E-state index >= 15 is 0 Å². The zero-order valence-corrected chi connectivity index (χ0v) is 11.4. The van der Waals surface area contributed by atoms with E-state index in [9.17, 15) is 4.79 Å². The predicted octanol–water partition coefficient (Wildman–Crippen LogP) is 1.94. The second-order valence-corrected chi connectivity index (χ2v) is 4.68. The van der Waals surface area contributed by atoms with Gasteiger partial charge in [-0.15, -0.1) is 0 Å². The number of ether oxygens (including phenoxy) is 1. The molecule has 19 heavy (non-hydrogen) atoms. The molecule has 0 aliphatic heterocycles. The van der Waals surface area contributed by atoms with E-state index in [1.807, 2.05) is 36.4 Å². The Morgan fingerprint density at radius 1 is 1.16 bits per heavy atom. The molecule has 0 aromatic heterocycles. The number of rotatable bonds is 3. The molecule has 0 radical (unpaired) electrons. The highest BCUT2D eigenvalue weighted by atomic mass is 16.5. The summed E-state index contributed by atoms with van der Waals surface area (Å²) in [7, 11) is 5.05. The molecule has 0 bridgehead atoms. The predicted molar refractivity (Wildman–Crippen MR) is 76.1 cm³/mol. The first kappa shape index (κ1) is 13.4. The molecule has 0 spiro atoms. The van der Waals surface area contributed by atoms with E-state index in [0.29, 0.717) is 0 Å². The standard InChI is InChI=1S/C15H18N2O2/c1-17(2)15(18)14(16)12-5-4-11-9-13(19-3)7-6-10(11)8-12/h4-9,14H,16H2,1-3H3. The first-order valence-electron chi connectivity index (χ1n) is 6.07. The van der Waals surface area contributed by atoms with Crippen LogP contribution in [0.15, 0.2) is 36.4 Å². The summed E-state index contributed by atoms with van der Waals surface area (Å²) < 4.78 is 5.18. The third-order valence-electron chi connectivity index (χ3n) is 3.14. The summed E-state index contributed by atoms with van der Waals surface area (Å²) in [5.74, 6) is 0.710. The summed E-state index contributed by atoms with van der Waals surface area (Å²) in [6.45, 7) is 0. The third kappa shape index (κ3) is 2.69. The molecule has 4 heteroatoms. The Balaban J connectivity index is 2.39. The number of carbonyl (C=O) groups is 1. The van der Waals surface area contributed by atoms with Crippen molar-refractivity contribution in [3.05, 3.63) is 42.0 Å². The highest BCUT2D eigenvalue weighted by Gasteiger charge is 2.17. The number of fused-ring (bicyclic) bond motifs is 1. The largest absolute Gasteiger partial charge is 0.497 e. The molecule has 1 amide bonds. The lowest BCUT2D eigenvalue weighted by atomic mass is 10.0. The van der Waals surface area contributed by atoms with Gasteiger partial charge in [-0.25, -0.2) is 0 Å². The van der Waals surface area contributed by atoms with Gasteiger partial charge in [-0.2, -0.15) is 0 Å². The van der Waals surface area contributed by atoms with Crippen LogP contribution in [-0.2, 0) is 4.79 Å². The molecule has 2 N–H and O–H groups in total. The van der Waals surface area contributed by atoms with Crippen LogP contribution in [0.3, 0.4) is 0 Å². The van der Waals surface area contributed by atoms with Crippen molar-refractivity contribution in [2.75, 3.05) is 21.2 Å². The van der Waals surface area contributed by atoms with Gasteiger partial charge in [-0.1, -0.05) is 18.2 Å². The van der Waals surface area contributed by atoms with E-state index in [1.165, 1.54) is 4.90 Å². The average molecular weight is 258 g/mol. The summed E-state index contributed by atoms with van der Waals surface area (Å²) in [6.07, 6.45) is 0. The first-order chi connectivity index (χ1) is 9.02. The second kappa shape index (κ2) is 5.28. The van der Waals surface area contributed by atoms with E-state index in [4.69, 9.17) is 10.5 Å². The fraction of sp³-hybridized carbons (Fsp3) is 0.267. The molecule has 1 atom stereocenters. The molecular formula is C15H18N2O2. The molecule has 0 aliphatic carbocycles.